The molecule has 1 heterocycles. The monoisotopic (exact) mass is 334 g/mol. The summed E-state index contributed by atoms with van der Waals surface area (Å²) in [7, 11) is 3.84. The lowest BCUT2D eigenvalue weighted by Gasteiger charge is -2.40. The molecule has 2 aromatic rings. The van der Waals surface area contributed by atoms with E-state index in [2.05, 4.69) is 75.0 Å². The minimum Gasteiger partial charge on any atom is -0.496 e. The summed E-state index contributed by atoms with van der Waals surface area (Å²) >= 11 is 0. The van der Waals surface area contributed by atoms with Crippen LogP contribution in [0.2, 0.25) is 0 Å². The average Bonchev–Trinajstić information content (AvgIpc) is 2.57. The van der Waals surface area contributed by atoms with Crippen LogP contribution in [0.4, 0.5) is 11.4 Å². The first kappa shape index (κ1) is 17.3. The van der Waals surface area contributed by atoms with Gasteiger partial charge in [0.15, 0.2) is 0 Å². The van der Waals surface area contributed by atoms with Crippen LogP contribution < -0.4 is 9.64 Å². The maximum absolute atomic E-state index is 5.64. The maximum atomic E-state index is 5.64. The van der Waals surface area contributed by atoms with E-state index in [9.17, 15) is 0 Å². The van der Waals surface area contributed by atoms with E-state index in [4.69, 9.17) is 4.74 Å². The van der Waals surface area contributed by atoms with Crippen molar-refractivity contribution < 1.29 is 4.74 Å². The number of allylic oxidation sites excluding steroid dienone is 1. The van der Waals surface area contributed by atoms with E-state index < -0.39 is 0 Å². The Morgan fingerprint density at radius 1 is 1.12 bits per heavy atom. The number of methoxy groups -OCH3 is 1. The summed E-state index contributed by atoms with van der Waals surface area (Å²) in [6.45, 7) is 8.68. The molecule has 0 aliphatic carbocycles. The normalized spacial score (nSPS) is 15.9. The van der Waals surface area contributed by atoms with Gasteiger partial charge in [0.25, 0.3) is 0 Å². The third-order valence-electron chi connectivity index (χ3n) is 4.92. The van der Waals surface area contributed by atoms with Crippen molar-refractivity contribution in [1.82, 2.24) is 0 Å². The summed E-state index contributed by atoms with van der Waals surface area (Å²) in [5.41, 5.74) is 6.83. The molecule has 0 saturated carbocycles. The Labute approximate surface area is 150 Å². The van der Waals surface area contributed by atoms with Gasteiger partial charge in [0.1, 0.15) is 5.75 Å². The molecule has 3 rings (SSSR count). The van der Waals surface area contributed by atoms with Crippen LogP contribution in [0.25, 0.3) is 5.57 Å². The molecular weight excluding hydrogens is 308 g/mol. The molecule has 0 radical (unpaired) electrons. The molecule has 3 heteroatoms. The van der Waals surface area contributed by atoms with E-state index in [0.717, 1.165) is 17.0 Å². The molecule has 0 amide bonds. The minimum absolute atomic E-state index is 0.0146. The van der Waals surface area contributed by atoms with Crippen molar-refractivity contribution in [3.05, 3.63) is 59.2 Å². The van der Waals surface area contributed by atoms with E-state index in [1.807, 2.05) is 18.3 Å². The fourth-order valence-electron chi connectivity index (χ4n) is 3.32. The third kappa shape index (κ3) is 3.32. The maximum Gasteiger partial charge on any atom is 0.129 e. The second-order valence-electron chi connectivity index (χ2n) is 7.25. The molecule has 0 spiro atoms. The Morgan fingerprint density at radius 3 is 2.56 bits per heavy atom. The molecule has 1 aliphatic heterocycles. The quantitative estimate of drug-likeness (QED) is 0.703. The largest absolute Gasteiger partial charge is 0.496 e. The van der Waals surface area contributed by atoms with E-state index >= 15 is 0 Å². The number of benzene rings is 2. The first-order valence-corrected chi connectivity index (χ1v) is 8.58. The number of rotatable bonds is 3. The van der Waals surface area contributed by atoms with Gasteiger partial charge in [-0.15, -0.1) is 0 Å². The summed E-state index contributed by atoms with van der Waals surface area (Å²) in [6, 6.07) is 12.5. The van der Waals surface area contributed by atoms with Gasteiger partial charge in [0, 0.05) is 36.1 Å². The third-order valence-corrected chi connectivity index (χ3v) is 4.92. The van der Waals surface area contributed by atoms with Crippen LogP contribution >= 0.6 is 0 Å². The van der Waals surface area contributed by atoms with Gasteiger partial charge in [-0.05, 0) is 57.0 Å². The fourth-order valence-corrected chi connectivity index (χ4v) is 3.32. The predicted molar refractivity (Wildman–Crippen MR) is 108 cm³/mol. The van der Waals surface area contributed by atoms with Gasteiger partial charge >= 0.3 is 0 Å². The summed E-state index contributed by atoms with van der Waals surface area (Å²) in [5.74, 6) is 0.840. The summed E-state index contributed by atoms with van der Waals surface area (Å²) in [5, 5.41) is 0. The van der Waals surface area contributed by atoms with Gasteiger partial charge in [0.2, 0.25) is 0 Å². The van der Waals surface area contributed by atoms with E-state index in [1.54, 1.807) is 7.11 Å². The molecule has 0 fully saturated rings. The lowest BCUT2D eigenvalue weighted by atomic mass is 9.88. The SMILES string of the molecule is COc1cc2c(cc1C=Nc1cccc(C)c1)C(C)=CC(C)(C)N2C. The first-order chi connectivity index (χ1) is 11.8. The van der Waals surface area contributed by atoms with Crippen molar-refractivity contribution >= 4 is 23.2 Å². The Kier molecular flexibility index (Phi) is 4.42. The highest BCUT2D eigenvalue weighted by Gasteiger charge is 2.29. The zero-order chi connectivity index (χ0) is 18.2. The number of aliphatic imine (C=N–C) groups is 1. The first-order valence-electron chi connectivity index (χ1n) is 8.58. The topological polar surface area (TPSA) is 24.8 Å². The van der Waals surface area contributed by atoms with Crippen molar-refractivity contribution in [2.75, 3.05) is 19.1 Å². The molecule has 25 heavy (non-hydrogen) atoms. The number of anilines is 1. The molecule has 130 valence electrons. The van der Waals surface area contributed by atoms with Gasteiger partial charge in [-0.2, -0.15) is 0 Å². The number of hydrogen-bond donors (Lipinski definition) is 0. The van der Waals surface area contributed by atoms with Crippen molar-refractivity contribution in [3.63, 3.8) is 0 Å². The molecule has 1 aliphatic rings. The van der Waals surface area contributed by atoms with Crippen molar-refractivity contribution in [2.45, 2.75) is 33.2 Å². The van der Waals surface area contributed by atoms with Crippen LogP contribution in [0.5, 0.6) is 5.75 Å². The Balaban J connectivity index is 2.06. The molecule has 0 bridgehead atoms. The van der Waals surface area contributed by atoms with Crippen LogP contribution in [-0.4, -0.2) is 25.9 Å². The molecular formula is C22H26N2O. The predicted octanol–water partition coefficient (Wildman–Crippen LogP) is 5.39. The molecule has 0 unspecified atom stereocenters. The average molecular weight is 334 g/mol. The highest BCUT2D eigenvalue weighted by Crippen LogP contribution is 2.40. The van der Waals surface area contributed by atoms with E-state index in [0.29, 0.717) is 0 Å². The van der Waals surface area contributed by atoms with E-state index in [1.165, 1.54) is 22.4 Å². The summed E-state index contributed by atoms with van der Waals surface area (Å²) in [4.78, 5) is 6.92. The number of ether oxygens (including phenoxy) is 1. The van der Waals surface area contributed by atoms with Crippen molar-refractivity contribution in [1.29, 1.82) is 0 Å². The number of likely N-dealkylation sites (N-methyl/N-ethyl adjacent to an activating group) is 1. The van der Waals surface area contributed by atoms with Crippen molar-refractivity contribution in [3.8, 4) is 5.75 Å². The highest BCUT2D eigenvalue weighted by molar-refractivity contribution is 5.91. The Bertz CT molecular complexity index is 862. The second kappa shape index (κ2) is 6.40. The smallest absolute Gasteiger partial charge is 0.129 e. The molecule has 0 aromatic heterocycles. The number of fused-ring (bicyclic) bond motifs is 1. The Hall–Kier alpha value is -2.55. The zero-order valence-corrected chi connectivity index (χ0v) is 15.9. The molecule has 0 saturated heterocycles. The van der Waals surface area contributed by atoms with Gasteiger partial charge in [0.05, 0.1) is 18.3 Å². The molecule has 0 atom stereocenters. The van der Waals surface area contributed by atoms with Crippen LogP contribution in [0.15, 0.2) is 47.5 Å². The summed E-state index contributed by atoms with van der Waals surface area (Å²) < 4.78 is 5.64. The minimum atomic E-state index is -0.0146. The second-order valence-corrected chi connectivity index (χ2v) is 7.25. The summed E-state index contributed by atoms with van der Waals surface area (Å²) in [6.07, 6.45) is 4.20. The van der Waals surface area contributed by atoms with Crippen LogP contribution in [0, 0.1) is 6.92 Å². The van der Waals surface area contributed by atoms with E-state index in [-0.39, 0.29) is 5.54 Å². The standard InChI is InChI=1S/C22H26N2O/c1-15-8-7-9-18(10-15)23-14-17-11-19-16(2)13-22(3,4)24(5)20(19)12-21(17)25-6/h7-14H,1-6H3. The van der Waals surface area contributed by atoms with Crippen molar-refractivity contribution in [2.24, 2.45) is 4.99 Å². The number of hydrogen-bond acceptors (Lipinski definition) is 3. The molecule has 2 aromatic carbocycles. The molecule has 0 N–H and O–H groups in total. The van der Waals surface area contributed by atoms with Crippen LogP contribution in [0.1, 0.15) is 37.5 Å². The fraction of sp³-hybridized carbons (Fsp3) is 0.318. The van der Waals surface area contributed by atoms with Crippen LogP contribution in [0.3, 0.4) is 0 Å². The number of nitrogens with zero attached hydrogens (tertiary/aromatic N) is 2. The number of aryl methyl sites for hydroxylation is 1. The van der Waals surface area contributed by atoms with Gasteiger partial charge in [-0.3, -0.25) is 4.99 Å². The lowest BCUT2D eigenvalue weighted by Crippen LogP contribution is -2.42. The highest BCUT2D eigenvalue weighted by atomic mass is 16.5. The Morgan fingerprint density at radius 2 is 1.88 bits per heavy atom. The zero-order valence-electron chi connectivity index (χ0n) is 15.9. The van der Waals surface area contributed by atoms with Gasteiger partial charge in [-0.25, -0.2) is 0 Å². The lowest BCUT2D eigenvalue weighted by molar-refractivity contribution is 0.414. The van der Waals surface area contributed by atoms with Crippen LogP contribution in [-0.2, 0) is 0 Å². The van der Waals surface area contributed by atoms with Gasteiger partial charge in [-0.1, -0.05) is 18.2 Å². The molecule has 3 nitrogen and oxygen atoms in total. The van der Waals surface area contributed by atoms with Gasteiger partial charge < -0.3 is 9.64 Å².